The summed E-state index contributed by atoms with van der Waals surface area (Å²) in [5.41, 5.74) is 2.41. The summed E-state index contributed by atoms with van der Waals surface area (Å²) in [6.45, 7) is 19.5. The zero-order valence-corrected chi connectivity index (χ0v) is 28.5. The van der Waals surface area contributed by atoms with E-state index in [1.807, 2.05) is 64.1 Å². The van der Waals surface area contributed by atoms with E-state index >= 15 is 0 Å². The molecule has 3 amide bonds. The molecule has 0 aromatic heterocycles. The van der Waals surface area contributed by atoms with E-state index in [1.165, 1.54) is 0 Å². The predicted molar refractivity (Wildman–Crippen MR) is 176 cm³/mol. The molecular weight excluding hydrogens is 562 g/mol. The number of anilines is 1. The number of aryl methyl sites for hydroxylation is 2. The Balaban J connectivity index is 2.68. The Bertz CT molecular complexity index is 1200. The Morgan fingerprint density at radius 1 is 0.930 bits per heavy atom. The molecule has 2 N–H and O–H groups in total. The topological polar surface area (TPSA) is 87.7 Å². The highest BCUT2D eigenvalue weighted by Crippen LogP contribution is 2.32. The molecule has 7 nitrogen and oxygen atoms in total. The lowest BCUT2D eigenvalue weighted by molar-refractivity contribution is -0.144. The molecule has 8 heteroatoms. The summed E-state index contributed by atoms with van der Waals surface area (Å²) >= 11 is 6.51. The van der Waals surface area contributed by atoms with Crippen molar-refractivity contribution in [1.29, 1.82) is 0 Å². The number of para-hydroxylation sites is 1. The molecule has 2 rings (SSSR count). The van der Waals surface area contributed by atoms with Gasteiger partial charge in [-0.25, -0.2) is 4.79 Å². The maximum Gasteiger partial charge on any atom is 0.408 e. The average Bonchev–Trinajstić information content (AvgIpc) is 2.90. The van der Waals surface area contributed by atoms with Gasteiger partial charge in [0.15, 0.2) is 0 Å². The molecular formula is C35H52ClN3O4. The highest BCUT2D eigenvalue weighted by Gasteiger charge is 2.39. The number of halogens is 1. The molecule has 3 unspecified atom stereocenters. The number of nitrogens with one attached hydrogen (secondary N) is 2. The Kier molecular flexibility index (Phi) is 13.6. The van der Waals surface area contributed by atoms with E-state index in [9.17, 15) is 14.4 Å². The number of carbonyl (C=O) groups excluding carboxylic acids is 3. The van der Waals surface area contributed by atoms with E-state index in [4.69, 9.17) is 16.3 Å². The molecule has 0 radical (unpaired) electrons. The van der Waals surface area contributed by atoms with Gasteiger partial charge in [-0.05, 0) is 94.9 Å². The van der Waals surface area contributed by atoms with Crippen LogP contribution in [0.5, 0.6) is 0 Å². The molecule has 3 atom stereocenters. The molecule has 0 saturated carbocycles. The lowest BCUT2D eigenvalue weighted by Crippen LogP contribution is -2.55. The Hall–Kier alpha value is -3.06. The van der Waals surface area contributed by atoms with E-state index in [2.05, 4.69) is 31.4 Å². The van der Waals surface area contributed by atoms with Gasteiger partial charge in [0.2, 0.25) is 5.91 Å². The Morgan fingerprint density at radius 2 is 1.56 bits per heavy atom. The number of benzene rings is 2. The number of ether oxygens (including phenoxy) is 1. The van der Waals surface area contributed by atoms with Crippen LogP contribution in [0.15, 0.2) is 42.5 Å². The molecule has 0 spiro atoms. The minimum absolute atomic E-state index is 0.0959. The van der Waals surface area contributed by atoms with Crippen LogP contribution in [0.4, 0.5) is 10.5 Å². The highest BCUT2D eigenvalue weighted by molar-refractivity contribution is 6.34. The Morgan fingerprint density at radius 3 is 2.07 bits per heavy atom. The third-order valence-corrected chi connectivity index (χ3v) is 7.60. The second-order valence-corrected chi connectivity index (χ2v) is 13.7. The first-order chi connectivity index (χ1) is 20.0. The van der Waals surface area contributed by atoms with Gasteiger partial charge in [0.1, 0.15) is 17.7 Å². The van der Waals surface area contributed by atoms with Crippen LogP contribution in [-0.4, -0.2) is 40.5 Å². The minimum atomic E-state index is -0.966. The molecule has 2 aromatic rings. The number of alkyl carbamates (subject to hydrolysis) is 1. The standard InChI is InChI=1S/C35H52ClN3O4/c1-11-26-17-19-27(20-18-26)31(32(40)38-30-24(6)13-12-14-28(30)36)39(25(7)16-15-22(2)3)33(41)29(21-23(4)5)37-34(42)43-35(8,9)10/h12-14,17-20,22-23,25,29,31H,11,15-16,21H2,1-10H3,(H,37,42)(H,38,40). The van der Waals surface area contributed by atoms with Crippen molar-refractivity contribution in [2.45, 2.75) is 119 Å². The lowest BCUT2D eigenvalue weighted by Gasteiger charge is -2.39. The van der Waals surface area contributed by atoms with Gasteiger partial charge in [0, 0.05) is 6.04 Å². The van der Waals surface area contributed by atoms with Crippen molar-refractivity contribution >= 4 is 35.2 Å². The summed E-state index contributed by atoms with van der Waals surface area (Å²) in [4.78, 5) is 43.6. The predicted octanol–water partition coefficient (Wildman–Crippen LogP) is 8.48. The monoisotopic (exact) mass is 613 g/mol. The van der Waals surface area contributed by atoms with Gasteiger partial charge in [-0.3, -0.25) is 9.59 Å². The summed E-state index contributed by atoms with van der Waals surface area (Å²) < 4.78 is 5.53. The first kappa shape index (κ1) is 36.1. The van der Waals surface area contributed by atoms with Crippen molar-refractivity contribution in [3.8, 4) is 0 Å². The summed E-state index contributed by atoms with van der Waals surface area (Å²) in [7, 11) is 0. The largest absolute Gasteiger partial charge is 0.444 e. The van der Waals surface area contributed by atoms with Crippen LogP contribution in [0.1, 0.15) is 104 Å². The second kappa shape index (κ2) is 16.1. The van der Waals surface area contributed by atoms with Crippen LogP contribution in [0.2, 0.25) is 5.02 Å². The van der Waals surface area contributed by atoms with E-state index < -0.39 is 23.8 Å². The fourth-order valence-electron chi connectivity index (χ4n) is 4.99. The summed E-state index contributed by atoms with van der Waals surface area (Å²) in [6.07, 6.45) is 2.12. The fourth-order valence-corrected chi connectivity index (χ4v) is 5.26. The van der Waals surface area contributed by atoms with E-state index in [0.717, 1.165) is 24.0 Å². The van der Waals surface area contributed by atoms with Crippen molar-refractivity contribution in [2.75, 3.05) is 5.32 Å². The van der Waals surface area contributed by atoms with Gasteiger partial charge < -0.3 is 20.3 Å². The molecule has 238 valence electrons. The second-order valence-electron chi connectivity index (χ2n) is 13.3. The summed E-state index contributed by atoms with van der Waals surface area (Å²) in [5.74, 6) is -0.191. The van der Waals surface area contributed by atoms with Crippen molar-refractivity contribution in [3.05, 3.63) is 64.2 Å². The van der Waals surface area contributed by atoms with Crippen LogP contribution in [0, 0.1) is 18.8 Å². The first-order valence-electron chi connectivity index (χ1n) is 15.5. The van der Waals surface area contributed by atoms with Crippen LogP contribution in [0.3, 0.4) is 0 Å². The molecule has 0 aliphatic heterocycles. The molecule has 0 saturated heterocycles. The van der Waals surface area contributed by atoms with Crippen molar-refractivity contribution in [1.82, 2.24) is 10.2 Å². The summed E-state index contributed by atoms with van der Waals surface area (Å²) in [5, 5.41) is 6.29. The van der Waals surface area contributed by atoms with Gasteiger partial charge in [-0.15, -0.1) is 0 Å². The van der Waals surface area contributed by atoms with Crippen LogP contribution >= 0.6 is 11.6 Å². The number of carbonyl (C=O) groups is 3. The van der Waals surface area contributed by atoms with Gasteiger partial charge in [0.05, 0.1) is 10.7 Å². The highest BCUT2D eigenvalue weighted by atomic mass is 35.5. The molecule has 0 fully saturated rings. The zero-order chi connectivity index (χ0) is 32.5. The van der Waals surface area contributed by atoms with Gasteiger partial charge in [-0.1, -0.05) is 82.6 Å². The molecule has 43 heavy (non-hydrogen) atoms. The lowest BCUT2D eigenvalue weighted by atomic mass is 9.94. The van der Waals surface area contributed by atoms with E-state index in [1.54, 1.807) is 31.7 Å². The smallest absolute Gasteiger partial charge is 0.408 e. The fraction of sp³-hybridized carbons (Fsp3) is 0.571. The van der Waals surface area contributed by atoms with Crippen LogP contribution < -0.4 is 10.6 Å². The number of amides is 3. The molecule has 0 heterocycles. The maximum atomic E-state index is 14.6. The van der Waals surface area contributed by atoms with Gasteiger partial charge in [0.25, 0.3) is 5.91 Å². The Labute approximate surface area is 264 Å². The van der Waals surface area contributed by atoms with Crippen molar-refractivity contribution in [2.24, 2.45) is 11.8 Å². The molecule has 2 aromatic carbocycles. The maximum absolute atomic E-state index is 14.6. The van der Waals surface area contributed by atoms with Crippen molar-refractivity contribution in [3.63, 3.8) is 0 Å². The average molecular weight is 614 g/mol. The number of hydrogen-bond donors (Lipinski definition) is 2. The third-order valence-electron chi connectivity index (χ3n) is 7.29. The van der Waals surface area contributed by atoms with Crippen LogP contribution in [0.25, 0.3) is 0 Å². The number of hydrogen-bond acceptors (Lipinski definition) is 4. The van der Waals surface area contributed by atoms with E-state index in [0.29, 0.717) is 35.0 Å². The minimum Gasteiger partial charge on any atom is -0.444 e. The molecule has 0 bridgehead atoms. The SMILES string of the molecule is CCc1ccc(C(C(=O)Nc2c(C)cccc2Cl)N(C(=O)C(CC(C)C)NC(=O)OC(C)(C)C)C(C)CCC(C)C)cc1. The zero-order valence-electron chi connectivity index (χ0n) is 27.7. The van der Waals surface area contributed by atoms with Gasteiger partial charge in [-0.2, -0.15) is 0 Å². The number of nitrogens with zero attached hydrogens (tertiary/aromatic N) is 1. The van der Waals surface area contributed by atoms with Crippen LogP contribution in [-0.2, 0) is 20.7 Å². The van der Waals surface area contributed by atoms with Crippen molar-refractivity contribution < 1.29 is 19.1 Å². The molecule has 0 aliphatic rings. The quantitative estimate of drug-likeness (QED) is 0.237. The normalized spacial score (nSPS) is 13.8. The van der Waals surface area contributed by atoms with E-state index in [-0.39, 0.29) is 23.8 Å². The number of rotatable bonds is 13. The van der Waals surface area contributed by atoms with Gasteiger partial charge >= 0.3 is 6.09 Å². The molecule has 0 aliphatic carbocycles. The third kappa shape index (κ3) is 11.2. The first-order valence-corrected chi connectivity index (χ1v) is 15.9. The summed E-state index contributed by atoms with van der Waals surface area (Å²) in [6, 6.07) is 11.1.